The maximum Gasteiger partial charge on any atom is 0.331 e. The zero-order chi connectivity index (χ0) is 25.2. The topological polar surface area (TPSA) is 142 Å². The predicted molar refractivity (Wildman–Crippen MR) is 116 cm³/mol. The molecule has 0 saturated heterocycles. The van der Waals surface area contributed by atoms with Crippen molar-refractivity contribution in [1.29, 1.82) is 0 Å². The summed E-state index contributed by atoms with van der Waals surface area (Å²) in [6.45, 7) is 11.2. The van der Waals surface area contributed by atoms with Crippen molar-refractivity contribution in [2.45, 2.75) is 53.4 Å². The summed E-state index contributed by atoms with van der Waals surface area (Å²) in [6, 6.07) is 0. The van der Waals surface area contributed by atoms with Crippen molar-refractivity contribution < 1.29 is 48.0 Å². The molecule has 0 aromatic carbocycles. The van der Waals surface area contributed by atoms with Gasteiger partial charge < -0.3 is 24.1 Å². The Labute approximate surface area is 188 Å². The molecule has 0 aromatic heterocycles. The monoisotopic (exact) mass is 458 g/mol. The van der Waals surface area contributed by atoms with E-state index in [0.29, 0.717) is 13.2 Å². The lowest BCUT2D eigenvalue weighted by Crippen LogP contribution is -2.05. The van der Waals surface area contributed by atoms with Crippen molar-refractivity contribution in [3.63, 3.8) is 0 Å². The fraction of sp³-hybridized carbons (Fsp3) is 0.500. The van der Waals surface area contributed by atoms with Crippen molar-refractivity contribution in [2.24, 2.45) is 0 Å². The molecule has 0 bridgehead atoms. The summed E-state index contributed by atoms with van der Waals surface area (Å²) in [5.74, 6) is -3.12. The smallest absolute Gasteiger partial charge is 0.331 e. The number of carbonyl (C=O) groups is 5. The van der Waals surface area contributed by atoms with Crippen LogP contribution in [0, 0.1) is 0 Å². The van der Waals surface area contributed by atoms with E-state index in [2.05, 4.69) is 16.1 Å². The second-order valence-corrected chi connectivity index (χ2v) is 5.58. The van der Waals surface area contributed by atoms with Crippen LogP contribution in [0.1, 0.15) is 53.4 Å². The molecule has 182 valence electrons. The maximum absolute atomic E-state index is 11.0. The van der Waals surface area contributed by atoms with Gasteiger partial charge in [-0.15, -0.1) is 0 Å². The fourth-order valence-corrected chi connectivity index (χ4v) is 1.31. The third-order valence-electron chi connectivity index (χ3n) is 2.74. The first-order valence-corrected chi connectivity index (χ1v) is 10.0. The highest BCUT2D eigenvalue weighted by Crippen LogP contribution is 1.92. The second-order valence-electron chi connectivity index (χ2n) is 5.58. The van der Waals surface area contributed by atoms with Gasteiger partial charge in [-0.1, -0.05) is 33.3 Å². The molecule has 0 rings (SSSR count). The van der Waals surface area contributed by atoms with Crippen LogP contribution in [0.3, 0.4) is 0 Å². The van der Waals surface area contributed by atoms with Gasteiger partial charge in [0.25, 0.3) is 0 Å². The summed E-state index contributed by atoms with van der Waals surface area (Å²) in [4.78, 5) is 52.0. The normalized spacial score (nSPS) is 9.50. The second kappa shape index (κ2) is 25.6. The minimum Gasteiger partial charge on any atom is -0.478 e. The van der Waals surface area contributed by atoms with Crippen LogP contribution in [0.4, 0.5) is 0 Å². The molecule has 0 atom stereocenters. The van der Waals surface area contributed by atoms with Gasteiger partial charge in [-0.05, 0) is 19.8 Å². The Bertz CT molecular complexity index is 596. The number of carbonyl (C=O) groups excluding carboxylic acids is 4. The number of unbranched alkanes of at least 4 members (excludes halogenated alkanes) is 2. The Morgan fingerprint density at radius 3 is 1.44 bits per heavy atom. The van der Waals surface area contributed by atoms with Crippen LogP contribution in [0.2, 0.25) is 0 Å². The lowest BCUT2D eigenvalue weighted by Gasteiger charge is -2.00. The van der Waals surface area contributed by atoms with Gasteiger partial charge in [-0.3, -0.25) is 4.79 Å². The van der Waals surface area contributed by atoms with Crippen molar-refractivity contribution in [2.75, 3.05) is 19.8 Å². The summed E-state index contributed by atoms with van der Waals surface area (Å²) in [5, 5.41) is 8.04. The minimum atomic E-state index is -1.16. The van der Waals surface area contributed by atoms with E-state index in [1.165, 1.54) is 6.92 Å². The van der Waals surface area contributed by atoms with Crippen molar-refractivity contribution >= 4 is 29.8 Å². The zero-order valence-electron chi connectivity index (χ0n) is 19.2. The minimum absolute atomic E-state index is 0.253. The Hall–Kier alpha value is -3.43. The highest BCUT2D eigenvalue weighted by molar-refractivity contribution is 5.91. The summed E-state index contributed by atoms with van der Waals surface area (Å²) in [6.07, 6.45) is 8.51. The number of carboxylic acid groups (broad SMARTS) is 1. The number of esters is 4. The molecule has 0 aliphatic carbocycles. The van der Waals surface area contributed by atoms with E-state index in [4.69, 9.17) is 14.6 Å². The molecule has 0 saturated carbocycles. The van der Waals surface area contributed by atoms with Gasteiger partial charge in [0.15, 0.2) is 0 Å². The average molecular weight is 459 g/mol. The van der Waals surface area contributed by atoms with E-state index in [1.807, 2.05) is 13.8 Å². The van der Waals surface area contributed by atoms with Gasteiger partial charge in [0, 0.05) is 31.2 Å². The van der Waals surface area contributed by atoms with E-state index < -0.39 is 23.9 Å². The molecule has 0 radical (unpaired) electrons. The van der Waals surface area contributed by atoms with Crippen LogP contribution in [0.5, 0.6) is 0 Å². The Morgan fingerprint density at radius 2 is 1.16 bits per heavy atom. The first-order chi connectivity index (χ1) is 15.1. The molecule has 0 amide bonds. The molecular weight excluding hydrogens is 424 g/mol. The lowest BCUT2D eigenvalue weighted by atomic mass is 10.4. The number of aliphatic carboxylic acids is 1. The van der Waals surface area contributed by atoms with E-state index in [1.54, 1.807) is 6.92 Å². The van der Waals surface area contributed by atoms with Gasteiger partial charge in [0.05, 0.1) is 26.1 Å². The largest absolute Gasteiger partial charge is 0.478 e. The molecule has 0 aliphatic rings. The van der Waals surface area contributed by atoms with Crippen molar-refractivity contribution in [3.05, 3.63) is 37.1 Å². The van der Waals surface area contributed by atoms with Gasteiger partial charge in [-0.25, -0.2) is 19.2 Å². The zero-order valence-corrected chi connectivity index (χ0v) is 19.2. The number of ether oxygens (including phenoxy) is 4. The summed E-state index contributed by atoms with van der Waals surface area (Å²) < 4.78 is 18.2. The Morgan fingerprint density at radius 1 is 0.750 bits per heavy atom. The van der Waals surface area contributed by atoms with Crippen molar-refractivity contribution in [3.8, 4) is 0 Å². The molecular formula is C22H34O10. The molecule has 10 nitrogen and oxygen atoms in total. The third-order valence-corrected chi connectivity index (χ3v) is 2.74. The molecule has 0 aliphatic heterocycles. The quantitative estimate of drug-likeness (QED) is 0.152. The first kappa shape index (κ1) is 33.2. The number of carboxylic acids is 1. The number of hydrogen-bond donors (Lipinski definition) is 1. The summed E-state index contributed by atoms with van der Waals surface area (Å²) in [5.41, 5.74) is 0. The highest BCUT2D eigenvalue weighted by atomic mass is 16.5. The number of hydrogen-bond acceptors (Lipinski definition) is 9. The number of rotatable bonds is 12. The first-order valence-electron chi connectivity index (χ1n) is 10.0. The van der Waals surface area contributed by atoms with E-state index in [-0.39, 0.29) is 12.6 Å². The fourth-order valence-electron chi connectivity index (χ4n) is 1.31. The standard InChI is InChI=1S/C12H20O4.C6H8O4.C4H6O2/c1-3-5-9-15-11(13)7-8-12(14)16-10-6-4-2;1-2-10-6(9)4-3-5(7)8;1-3-6-4(2)5/h7-8H,3-6,9-10H2,1-2H3;3-4H,2H2,1H3,(H,7,8);3H,1H2,2H3/b8-7-;4-3-;. The summed E-state index contributed by atoms with van der Waals surface area (Å²) in [7, 11) is 0. The molecule has 1 N–H and O–H groups in total. The van der Waals surface area contributed by atoms with E-state index >= 15 is 0 Å². The highest BCUT2D eigenvalue weighted by Gasteiger charge is 2.00. The van der Waals surface area contributed by atoms with Crippen LogP contribution in [-0.4, -0.2) is 54.8 Å². The lowest BCUT2D eigenvalue weighted by molar-refractivity contribution is -0.140. The molecule has 0 fully saturated rings. The molecule has 10 heteroatoms. The van der Waals surface area contributed by atoms with Crippen LogP contribution in [0.25, 0.3) is 0 Å². The molecule has 32 heavy (non-hydrogen) atoms. The maximum atomic E-state index is 11.0. The van der Waals surface area contributed by atoms with Crippen LogP contribution < -0.4 is 0 Å². The van der Waals surface area contributed by atoms with Gasteiger partial charge in [-0.2, -0.15) is 0 Å². The van der Waals surface area contributed by atoms with E-state index in [0.717, 1.165) is 56.2 Å². The van der Waals surface area contributed by atoms with Crippen molar-refractivity contribution in [1.82, 2.24) is 0 Å². The van der Waals surface area contributed by atoms with Crippen LogP contribution in [-0.2, 0) is 42.9 Å². The SMILES string of the molecule is C=COC(C)=O.CCCCOC(=O)/C=C\C(=O)OCCCC.CCOC(=O)/C=C\C(=O)O. The molecule has 0 unspecified atom stereocenters. The Kier molecular flexibility index (Phi) is 26.6. The van der Waals surface area contributed by atoms with Gasteiger partial charge in [0.1, 0.15) is 0 Å². The summed E-state index contributed by atoms with van der Waals surface area (Å²) >= 11 is 0. The van der Waals surface area contributed by atoms with Gasteiger partial charge >= 0.3 is 29.8 Å². The average Bonchev–Trinajstić information content (AvgIpc) is 2.72. The van der Waals surface area contributed by atoms with Crippen LogP contribution in [0.15, 0.2) is 37.1 Å². The molecule has 0 spiro atoms. The molecule has 0 heterocycles. The molecule has 0 aromatic rings. The Balaban J connectivity index is -0.000000446. The van der Waals surface area contributed by atoms with E-state index in [9.17, 15) is 24.0 Å². The predicted octanol–water partition coefficient (Wildman–Crippen LogP) is 3.11. The third kappa shape index (κ3) is 34.1. The van der Waals surface area contributed by atoms with Crippen LogP contribution >= 0.6 is 0 Å². The van der Waals surface area contributed by atoms with Gasteiger partial charge in [0.2, 0.25) is 0 Å².